The van der Waals surface area contributed by atoms with Gasteiger partial charge < -0.3 is 10.1 Å². The minimum atomic E-state index is 0.403. The van der Waals surface area contributed by atoms with Crippen LogP contribution in [-0.2, 0) is 11.4 Å². The van der Waals surface area contributed by atoms with Crippen molar-refractivity contribution in [1.29, 1.82) is 0 Å². The number of hydrazine groups is 1. The number of nitrogens with two attached hydrogens (primary N) is 1. The summed E-state index contributed by atoms with van der Waals surface area (Å²) in [4.78, 5) is 13.2. The number of carbonyl (C=O) groups is 1. The van der Waals surface area contributed by atoms with E-state index in [0.29, 0.717) is 13.0 Å². The first-order valence-electron chi connectivity index (χ1n) is 8.58. The van der Waals surface area contributed by atoms with Gasteiger partial charge in [0.25, 0.3) is 0 Å². The second-order valence-corrected chi connectivity index (χ2v) is 6.28. The van der Waals surface area contributed by atoms with Gasteiger partial charge >= 0.3 is 0 Å². The fraction of sp³-hybridized carbons (Fsp3) is 0.143. The normalized spacial score (nSPS) is 9.71. The van der Waals surface area contributed by atoms with Gasteiger partial charge in [-0.3, -0.25) is 15.2 Å². The van der Waals surface area contributed by atoms with E-state index in [1.54, 1.807) is 11.6 Å². The fourth-order valence-corrected chi connectivity index (χ4v) is 2.71. The van der Waals surface area contributed by atoms with Crippen LogP contribution >= 0.6 is 11.6 Å². The molecule has 0 radical (unpaired) electrons. The number of aryl methyl sites for hydroxylation is 1. The molecule has 0 aliphatic heterocycles. The molecule has 2 aromatic carbocycles. The van der Waals surface area contributed by atoms with E-state index >= 15 is 0 Å². The zero-order valence-electron chi connectivity index (χ0n) is 15.8. The van der Waals surface area contributed by atoms with E-state index in [1.807, 2.05) is 55.7 Å². The molecule has 146 valence electrons. The minimum Gasteiger partial charge on any atom is -0.487 e. The summed E-state index contributed by atoms with van der Waals surface area (Å²) in [6.07, 6.45) is 3.96. The smallest absolute Gasteiger partial charge is 0.221 e. The molecule has 4 N–H and O–H groups in total. The van der Waals surface area contributed by atoms with Crippen LogP contribution in [0.25, 0.3) is 11.1 Å². The van der Waals surface area contributed by atoms with Crippen molar-refractivity contribution in [3.8, 4) is 16.9 Å². The lowest BCUT2D eigenvalue weighted by Crippen LogP contribution is -2.18. The van der Waals surface area contributed by atoms with Crippen molar-refractivity contribution in [2.75, 3.05) is 12.4 Å². The van der Waals surface area contributed by atoms with E-state index in [-0.39, 0.29) is 0 Å². The van der Waals surface area contributed by atoms with Crippen LogP contribution < -0.4 is 21.3 Å². The van der Waals surface area contributed by atoms with Crippen molar-refractivity contribution in [2.45, 2.75) is 13.5 Å². The van der Waals surface area contributed by atoms with Crippen molar-refractivity contribution in [1.82, 2.24) is 10.4 Å². The molecule has 1 amide bonds. The van der Waals surface area contributed by atoms with Crippen LogP contribution in [0, 0.1) is 6.92 Å². The molecule has 7 heteroatoms. The lowest BCUT2D eigenvalue weighted by molar-refractivity contribution is -0.109. The van der Waals surface area contributed by atoms with Crippen molar-refractivity contribution in [2.24, 2.45) is 5.84 Å². The highest BCUT2D eigenvalue weighted by molar-refractivity contribution is 6.30. The van der Waals surface area contributed by atoms with Gasteiger partial charge in [-0.1, -0.05) is 35.9 Å². The molecule has 28 heavy (non-hydrogen) atoms. The van der Waals surface area contributed by atoms with Crippen LogP contribution in [0.4, 0.5) is 5.69 Å². The van der Waals surface area contributed by atoms with Crippen LogP contribution in [0.3, 0.4) is 0 Å². The summed E-state index contributed by atoms with van der Waals surface area (Å²) in [6, 6.07) is 15.9. The van der Waals surface area contributed by atoms with Gasteiger partial charge in [0.1, 0.15) is 12.4 Å². The van der Waals surface area contributed by atoms with Crippen LogP contribution in [-0.4, -0.2) is 18.4 Å². The van der Waals surface area contributed by atoms with Gasteiger partial charge in [-0.2, -0.15) is 0 Å². The third kappa shape index (κ3) is 5.97. The average molecular weight is 399 g/mol. The maximum absolute atomic E-state index is 8.94. The molecule has 0 aliphatic rings. The van der Waals surface area contributed by atoms with Gasteiger partial charge in [-0.05, 0) is 42.3 Å². The van der Waals surface area contributed by atoms with Crippen molar-refractivity contribution < 1.29 is 9.53 Å². The lowest BCUT2D eigenvalue weighted by atomic mass is 10.1. The molecule has 1 heterocycles. The van der Waals surface area contributed by atoms with E-state index in [9.17, 15) is 0 Å². The summed E-state index contributed by atoms with van der Waals surface area (Å²) in [5.74, 6) is 5.15. The van der Waals surface area contributed by atoms with E-state index in [4.69, 9.17) is 21.1 Å². The van der Waals surface area contributed by atoms with Crippen LogP contribution in [0.2, 0.25) is 5.02 Å². The molecule has 0 aliphatic carbocycles. The van der Waals surface area contributed by atoms with E-state index in [2.05, 4.69) is 29.1 Å². The number of nitrogens with one attached hydrogen (secondary N) is 2. The van der Waals surface area contributed by atoms with Crippen LogP contribution in [0.15, 0.2) is 60.9 Å². The summed E-state index contributed by atoms with van der Waals surface area (Å²) in [7, 11) is 1.92. The number of rotatable bonds is 6. The molecular formula is C21H23ClN4O2. The van der Waals surface area contributed by atoms with Gasteiger partial charge in [0.15, 0.2) is 0 Å². The van der Waals surface area contributed by atoms with E-state index < -0.39 is 0 Å². The number of aromatic nitrogens is 1. The minimum absolute atomic E-state index is 0.403. The zero-order chi connectivity index (χ0) is 20.4. The predicted molar refractivity (Wildman–Crippen MR) is 113 cm³/mol. The Morgan fingerprint density at radius 2 is 1.86 bits per heavy atom. The number of halogens is 1. The third-order valence-corrected chi connectivity index (χ3v) is 4.27. The first-order valence-corrected chi connectivity index (χ1v) is 8.96. The van der Waals surface area contributed by atoms with Gasteiger partial charge in [-0.15, -0.1) is 0 Å². The SMILES string of the molecule is CNc1cccc(C)c1COc1cncc(-c2ccc(Cl)cc2)c1.NNC=O. The summed E-state index contributed by atoms with van der Waals surface area (Å²) >= 11 is 5.95. The second kappa shape index (κ2) is 10.9. The van der Waals surface area contributed by atoms with E-state index in [1.165, 1.54) is 5.56 Å². The van der Waals surface area contributed by atoms with Crippen molar-refractivity contribution in [3.63, 3.8) is 0 Å². The maximum Gasteiger partial charge on any atom is 0.221 e. The standard InChI is InChI=1S/C20H19ClN2O.CH4N2O/c1-14-4-3-5-20(22-2)19(14)13-24-18-10-16(11-23-12-18)15-6-8-17(21)9-7-15;2-3-1-4/h3-12,22H,13H2,1-2H3;1H,2H2,(H,3,4). The maximum atomic E-state index is 8.94. The molecule has 1 aromatic heterocycles. The van der Waals surface area contributed by atoms with Gasteiger partial charge in [0.05, 0.1) is 6.20 Å². The number of benzene rings is 2. The number of amides is 1. The van der Waals surface area contributed by atoms with Crippen LogP contribution in [0.1, 0.15) is 11.1 Å². The highest BCUT2D eigenvalue weighted by Crippen LogP contribution is 2.26. The number of carbonyl (C=O) groups excluding carboxylic acids is 1. The molecule has 6 nitrogen and oxygen atoms in total. The Labute approximate surface area is 169 Å². The highest BCUT2D eigenvalue weighted by Gasteiger charge is 2.07. The molecule has 0 unspecified atom stereocenters. The first kappa shape index (κ1) is 21.2. The average Bonchev–Trinajstić information content (AvgIpc) is 2.73. The molecule has 3 rings (SSSR count). The van der Waals surface area contributed by atoms with Crippen molar-refractivity contribution >= 4 is 23.7 Å². The molecule has 3 aromatic rings. The van der Waals surface area contributed by atoms with E-state index in [0.717, 1.165) is 33.1 Å². The summed E-state index contributed by atoms with van der Waals surface area (Å²) in [5.41, 5.74) is 7.24. The Balaban J connectivity index is 0.000000640. The zero-order valence-corrected chi connectivity index (χ0v) is 16.5. The largest absolute Gasteiger partial charge is 0.487 e. The number of pyridine rings is 1. The molecule has 0 saturated heterocycles. The number of hydrogen-bond acceptors (Lipinski definition) is 5. The Bertz CT molecular complexity index is 901. The van der Waals surface area contributed by atoms with Gasteiger partial charge in [0.2, 0.25) is 6.41 Å². The molecule has 0 atom stereocenters. The first-order chi connectivity index (χ1) is 13.6. The quantitative estimate of drug-likeness (QED) is 0.253. The Morgan fingerprint density at radius 3 is 2.50 bits per heavy atom. The van der Waals surface area contributed by atoms with Crippen LogP contribution in [0.5, 0.6) is 5.75 Å². The molecular weight excluding hydrogens is 376 g/mol. The number of anilines is 1. The van der Waals surface area contributed by atoms with Gasteiger partial charge in [0, 0.05) is 35.1 Å². The number of hydrogen-bond donors (Lipinski definition) is 3. The summed E-state index contributed by atoms with van der Waals surface area (Å²) in [5, 5.41) is 3.93. The second-order valence-electron chi connectivity index (χ2n) is 5.84. The molecule has 0 saturated carbocycles. The lowest BCUT2D eigenvalue weighted by Gasteiger charge is -2.13. The Hall–Kier alpha value is -3.09. The fourth-order valence-electron chi connectivity index (χ4n) is 2.58. The highest BCUT2D eigenvalue weighted by atomic mass is 35.5. The van der Waals surface area contributed by atoms with Crippen molar-refractivity contribution in [3.05, 3.63) is 77.1 Å². The third-order valence-electron chi connectivity index (χ3n) is 4.02. The molecule has 0 spiro atoms. The number of ether oxygens (including phenoxy) is 1. The Morgan fingerprint density at radius 1 is 1.14 bits per heavy atom. The monoisotopic (exact) mass is 398 g/mol. The predicted octanol–water partition coefficient (Wildman–Crippen LogP) is 3.94. The summed E-state index contributed by atoms with van der Waals surface area (Å²) in [6.45, 7) is 2.58. The van der Waals surface area contributed by atoms with Gasteiger partial charge in [-0.25, -0.2) is 5.84 Å². The Kier molecular flexibility index (Phi) is 8.27. The number of nitrogens with zero attached hydrogens (tertiary/aromatic N) is 1. The summed E-state index contributed by atoms with van der Waals surface area (Å²) < 4.78 is 5.97. The topological polar surface area (TPSA) is 89.3 Å². The molecule has 0 bridgehead atoms. The molecule has 0 fully saturated rings.